The molecule has 1 heterocycles. The highest BCUT2D eigenvalue weighted by Gasteiger charge is 2.21. The number of carbonyl (C=O) groups excluding carboxylic acids is 1. The van der Waals surface area contributed by atoms with Crippen LogP contribution >= 0.6 is 24.8 Å². The minimum Gasteiger partial charge on any atom is -0.376 e. The van der Waals surface area contributed by atoms with Crippen molar-refractivity contribution in [3.8, 4) is 0 Å². The monoisotopic (exact) mass is 319 g/mol. The first-order chi connectivity index (χ1) is 8.68. The molecule has 1 fully saturated rings. The van der Waals surface area contributed by atoms with Gasteiger partial charge in [0.2, 0.25) is 5.91 Å². The van der Waals surface area contributed by atoms with Crippen molar-refractivity contribution in [1.82, 2.24) is 5.32 Å². The fourth-order valence-electron chi connectivity index (χ4n) is 2.28. The molecule has 1 saturated heterocycles. The zero-order valence-corrected chi connectivity index (χ0v) is 13.5. The van der Waals surface area contributed by atoms with Gasteiger partial charge >= 0.3 is 0 Å². The molecule has 2 rings (SSSR count). The third-order valence-corrected chi connectivity index (χ3v) is 3.31. The van der Waals surface area contributed by atoms with Gasteiger partial charge in [-0.25, -0.2) is 0 Å². The number of piperidine rings is 1. The van der Waals surface area contributed by atoms with E-state index in [1.807, 2.05) is 43.3 Å². The molecule has 1 unspecified atom stereocenters. The lowest BCUT2D eigenvalue weighted by Crippen LogP contribution is -2.37. The summed E-state index contributed by atoms with van der Waals surface area (Å²) in [4.78, 5) is 14.2. The summed E-state index contributed by atoms with van der Waals surface area (Å²) in [7, 11) is 3.96. The van der Waals surface area contributed by atoms with Gasteiger partial charge in [-0.2, -0.15) is 0 Å². The number of para-hydroxylation sites is 2. The fraction of sp³-hybridized carbons (Fsp3) is 0.500. The summed E-state index contributed by atoms with van der Waals surface area (Å²) in [5, 5.41) is 6.31. The first kappa shape index (κ1) is 19.0. The first-order valence-corrected chi connectivity index (χ1v) is 6.46. The van der Waals surface area contributed by atoms with Crippen molar-refractivity contribution in [3.63, 3.8) is 0 Å². The lowest BCUT2D eigenvalue weighted by atomic mass is 9.98. The number of benzene rings is 1. The molecular weight excluding hydrogens is 297 g/mol. The Kier molecular flexibility index (Phi) is 8.62. The van der Waals surface area contributed by atoms with Crippen LogP contribution in [0, 0.1) is 5.92 Å². The van der Waals surface area contributed by atoms with E-state index < -0.39 is 0 Å². The third kappa shape index (κ3) is 4.85. The van der Waals surface area contributed by atoms with E-state index >= 15 is 0 Å². The lowest BCUT2D eigenvalue weighted by Gasteiger charge is -2.23. The van der Waals surface area contributed by atoms with E-state index in [4.69, 9.17) is 0 Å². The van der Waals surface area contributed by atoms with Gasteiger partial charge in [-0.3, -0.25) is 4.79 Å². The maximum atomic E-state index is 12.2. The number of anilines is 2. The summed E-state index contributed by atoms with van der Waals surface area (Å²) in [6.45, 7) is 1.81. The minimum atomic E-state index is 0. The van der Waals surface area contributed by atoms with E-state index in [1.165, 1.54) is 0 Å². The Hall–Kier alpha value is -0.970. The fourth-order valence-corrected chi connectivity index (χ4v) is 2.28. The molecule has 0 bridgehead atoms. The molecule has 20 heavy (non-hydrogen) atoms. The highest BCUT2D eigenvalue weighted by molar-refractivity contribution is 5.96. The van der Waals surface area contributed by atoms with Crippen LogP contribution < -0.4 is 15.5 Å². The molecule has 0 saturated carbocycles. The molecule has 0 aliphatic carbocycles. The van der Waals surface area contributed by atoms with Crippen molar-refractivity contribution in [1.29, 1.82) is 0 Å². The van der Waals surface area contributed by atoms with Crippen molar-refractivity contribution in [2.45, 2.75) is 12.8 Å². The second kappa shape index (κ2) is 9.06. The van der Waals surface area contributed by atoms with Crippen LogP contribution in [0.2, 0.25) is 0 Å². The quantitative estimate of drug-likeness (QED) is 0.899. The maximum Gasteiger partial charge on any atom is 0.228 e. The van der Waals surface area contributed by atoms with E-state index in [2.05, 4.69) is 10.6 Å². The van der Waals surface area contributed by atoms with Crippen LogP contribution in [0.4, 0.5) is 11.4 Å². The summed E-state index contributed by atoms with van der Waals surface area (Å²) in [5.41, 5.74) is 1.92. The standard InChI is InChI=1S/C14H21N3O.2ClH/c1-17(2)13-8-4-3-7-12(13)16-14(18)11-6-5-9-15-10-11;;/h3-4,7-8,11,15H,5-6,9-10H2,1-2H3,(H,16,18);2*1H. The summed E-state index contributed by atoms with van der Waals surface area (Å²) >= 11 is 0. The molecular formula is C14H23Cl2N3O. The topological polar surface area (TPSA) is 44.4 Å². The largest absolute Gasteiger partial charge is 0.376 e. The zero-order valence-electron chi connectivity index (χ0n) is 11.9. The van der Waals surface area contributed by atoms with Gasteiger partial charge in [0.05, 0.1) is 17.3 Å². The first-order valence-electron chi connectivity index (χ1n) is 6.46. The van der Waals surface area contributed by atoms with Crippen LogP contribution in [0.15, 0.2) is 24.3 Å². The lowest BCUT2D eigenvalue weighted by molar-refractivity contribution is -0.120. The number of nitrogens with zero attached hydrogens (tertiary/aromatic N) is 1. The summed E-state index contributed by atoms with van der Waals surface area (Å²) in [5.74, 6) is 0.213. The van der Waals surface area contributed by atoms with Crippen LogP contribution in [0.5, 0.6) is 0 Å². The molecule has 0 spiro atoms. The molecule has 1 aliphatic rings. The number of halogens is 2. The summed E-state index contributed by atoms with van der Waals surface area (Å²) < 4.78 is 0. The smallest absolute Gasteiger partial charge is 0.228 e. The Morgan fingerprint density at radius 1 is 1.30 bits per heavy atom. The van der Waals surface area contributed by atoms with Crippen LogP contribution in [0.1, 0.15) is 12.8 Å². The number of rotatable bonds is 3. The maximum absolute atomic E-state index is 12.2. The average molecular weight is 320 g/mol. The van der Waals surface area contributed by atoms with E-state index in [1.54, 1.807) is 0 Å². The van der Waals surface area contributed by atoms with Gasteiger partial charge in [0.1, 0.15) is 0 Å². The van der Waals surface area contributed by atoms with Crippen molar-refractivity contribution < 1.29 is 4.79 Å². The summed E-state index contributed by atoms with van der Waals surface area (Å²) in [6, 6.07) is 7.88. The molecule has 1 amide bonds. The Balaban J connectivity index is 0.00000180. The second-order valence-electron chi connectivity index (χ2n) is 4.94. The molecule has 4 nitrogen and oxygen atoms in total. The van der Waals surface area contributed by atoms with E-state index in [9.17, 15) is 4.79 Å². The van der Waals surface area contributed by atoms with Crippen LogP contribution in [0.25, 0.3) is 0 Å². The molecule has 6 heteroatoms. The Labute approximate surface area is 133 Å². The third-order valence-electron chi connectivity index (χ3n) is 3.31. The van der Waals surface area contributed by atoms with Crippen LogP contribution in [-0.4, -0.2) is 33.1 Å². The second-order valence-corrected chi connectivity index (χ2v) is 4.94. The number of carbonyl (C=O) groups is 1. The Morgan fingerprint density at radius 3 is 2.60 bits per heavy atom. The van der Waals surface area contributed by atoms with E-state index in [0.717, 1.165) is 37.3 Å². The van der Waals surface area contributed by atoms with Gasteiger partial charge in [-0.1, -0.05) is 12.1 Å². The van der Waals surface area contributed by atoms with E-state index in [0.29, 0.717) is 0 Å². The van der Waals surface area contributed by atoms with Crippen molar-refractivity contribution >= 4 is 42.1 Å². The molecule has 0 aromatic heterocycles. The van der Waals surface area contributed by atoms with Crippen LogP contribution in [0.3, 0.4) is 0 Å². The molecule has 114 valence electrons. The van der Waals surface area contributed by atoms with Crippen molar-refractivity contribution in [3.05, 3.63) is 24.3 Å². The number of nitrogens with one attached hydrogen (secondary N) is 2. The normalized spacial score (nSPS) is 17.4. The molecule has 1 atom stereocenters. The molecule has 1 aliphatic heterocycles. The Morgan fingerprint density at radius 2 is 2.00 bits per heavy atom. The van der Waals surface area contributed by atoms with Gasteiger partial charge in [-0.15, -0.1) is 24.8 Å². The van der Waals surface area contributed by atoms with Gasteiger partial charge in [-0.05, 0) is 31.5 Å². The highest BCUT2D eigenvalue weighted by atomic mass is 35.5. The molecule has 1 aromatic carbocycles. The highest BCUT2D eigenvalue weighted by Crippen LogP contribution is 2.24. The van der Waals surface area contributed by atoms with Gasteiger partial charge in [0, 0.05) is 20.6 Å². The predicted molar refractivity (Wildman–Crippen MR) is 89.5 cm³/mol. The van der Waals surface area contributed by atoms with Gasteiger partial charge in [0.25, 0.3) is 0 Å². The van der Waals surface area contributed by atoms with E-state index in [-0.39, 0.29) is 36.6 Å². The van der Waals surface area contributed by atoms with Crippen molar-refractivity contribution in [2.75, 3.05) is 37.4 Å². The minimum absolute atomic E-state index is 0. The van der Waals surface area contributed by atoms with Crippen LogP contribution in [-0.2, 0) is 4.79 Å². The number of hydrogen-bond donors (Lipinski definition) is 2. The Bertz CT molecular complexity index is 421. The molecule has 1 aromatic rings. The van der Waals surface area contributed by atoms with Crippen molar-refractivity contribution in [2.24, 2.45) is 5.92 Å². The average Bonchev–Trinajstić information content (AvgIpc) is 2.40. The number of hydrogen-bond acceptors (Lipinski definition) is 3. The molecule has 0 radical (unpaired) electrons. The van der Waals surface area contributed by atoms with Gasteiger partial charge in [0.15, 0.2) is 0 Å². The summed E-state index contributed by atoms with van der Waals surface area (Å²) in [6.07, 6.45) is 2.05. The number of amides is 1. The van der Waals surface area contributed by atoms with Gasteiger partial charge < -0.3 is 15.5 Å². The predicted octanol–water partition coefficient (Wildman–Crippen LogP) is 2.53. The SMILES string of the molecule is CN(C)c1ccccc1NC(=O)C1CCCNC1.Cl.Cl. The molecule has 2 N–H and O–H groups in total. The zero-order chi connectivity index (χ0) is 13.0.